The fraction of sp³-hybridized carbons (Fsp3) is 0.391. The molecule has 1 unspecified atom stereocenters. The SMILES string of the molecule is CCCCCN1C(=O)C(=O)/C(=C(\O)c2ccc(OC)cc2OC)C1c1ccc(C)o1. The third-order valence-electron chi connectivity index (χ3n) is 5.24. The highest BCUT2D eigenvalue weighted by Gasteiger charge is 2.47. The number of carbonyl (C=O) groups excluding carboxylic acids is 2. The van der Waals surface area contributed by atoms with Gasteiger partial charge in [0.05, 0.1) is 25.4 Å². The van der Waals surface area contributed by atoms with Crippen molar-refractivity contribution >= 4 is 17.4 Å². The zero-order valence-electron chi connectivity index (χ0n) is 17.7. The van der Waals surface area contributed by atoms with E-state index in [4.69, 9.17) is 13.9 Å². The second-order valence-electron chi connectivity index (χ2n) is 7.21. The van der Waals surface area contributed by atoms with Gasteiger partial charge in [0.15, 0.2) is 0 Å². The average Bonchev–Trinajstić information content (AvgIpc) is 3.29. The number of aryl methyl sites for hydroxylation is 1. The summed E-state index contributed by atoms with van der Waals surface area (Å²) < 4.78 is 16.3. The predicted molar refractivity (Wildman–Crippen MR) is 112 cm³/mol. The molecule has 1 N–H and O–H groups in total. The second kappa shape index (κ2) is 9.07. The van der Waals surface area contributed by atoms with Crippen molar-refractivity contribution in [2.75, 3.05) is 20.8 Å². The molecule has 0 aliphatic carbocycles. The van der Waals surface area contributed by atoms with Gasteiger partial charge >= 0.3 is 0 Å². The molecule has 0 saturated carbocycles. The normalized spacial score (nSPS) is 18.1. The van der Waals surface area contributed by atoms with Crippen molar-refractivity contribution in [3.63, 3.8) is 0 Å². The van der Waals surface area contributed by atoms with Crippen LogP contribution in [0.3, 0.4) is 0 Å². The zero-order valence-corrected chi connectivity index (χ0v) is 17.7. The minimum absolute atomic E-state index is 0.00526. The van der Waals surface area contributed by atoms with Crippen molar-refractivity contribution in [2.24, 2.45) is 0 Å². The molecule has 2 heterocycles. The van der Waals surface area contributed by atoms with E-state index >= 15 is 0 Å². The Morgan fingerprint density at radius 2 is 1.90 bits per heavy atom. The number of likely N-dealkylation sites (tertiary alicyclic amines) is 1. The van der Waals surface area contributed by atoms with Gasteiger partial charge < -0.3 is 23.9 Å². The molecule has 1 aromatic carbocycles. The van der Waals surface area contributed by atoms with E-state index in [1.54, 1.807) is 37.3 Å². The number of ether oxygens (including phenoxy) is 2. The number of benzene rings is 1. The maximum Gasteiger partial charge on any atom is 0.295 e. The molecule has 2 aromatic rings. The van der Waals surface area contributed by atoms with Gasteiger partial charge in [-0.2, -0.15) is 0 Å². The fourth-order valence-corrected chi connectivity index (χ4v) is 3.68. The lowest BCUT2D eigenvalue weighted by Gasteiger charge is -2.23. The van der Waals surface area contributed by atoms with Crippen molar-refractivity contribution < 1.29 is 28.6 Å². The van der Waals surface area contributed by atoms with Crippen LogP contribution in [-0.4, -0.2) is 42.5 Å². The van der Waals surface area contributed by atoms with Crippen LogP contribution in [0.1, 0.15) is 49.3 Å². The summed E-state index contributed by atoms with van der Waals surface area (Å²) >= 11 is 0. The summed E-state index contributed by atoms with van der Waals surface area (Å²) in [6.07, 6.45) is 2.67. The van der Waals surface area contributed by atoms with Gasteiger partial charge in [0.2, 0.25) is 0 Å². The summed E-state index contributed by atoms with van der Waals surface area (Å²) in [6.45, 7) is 4.26. The highest BCUT2D eigenvalue weighted by molar-refractivity contribution is 6.46. The Balaban J connectivity index is 2.14. The maximum atomic E-state index is 13.0. The topological polar surface area (TPSA) is 89.2 Å². The van der Waals surface area contributed by atoms with Crippen molar-refractivity contribution in [3.8, 4) is 11.5 Å². The largest absolute Gasteiger partial charge is 0.507 e. The van der Waals surface area contributed by atoms with E-state index in [0.717, 1.165) is 19.3 Å². The van der Waals surface area contributed by atoms with Crippen LogP contribution < -0.4 is 9.47 Å². The molecular formula is C23H27NO6. The quantitative estimate of drug-likeness (QED) is 0.302. The first-order chi connectivity index (χ1) is 14.4. The van der Waals surface area contributed by atoms with E-state index in [1.165, 1.54) is 19.1 Å². The Hall–Kier alpha value is -3.22. The number of carbonyl (C=O) groups is 2. The molecule has 1 fully saturated rings. The molecule has 7 nitrogen and oxygen atoms in total. The van der Waals surface area contributed by atoms with Gasteiger partial charge in [-0.25, -0.2) is 0 Å². The van der Waals surface area contributed by atoms with Crippen LogP contribution in [0.4, 0.5) is 0 Å². The second-order valence-corrected chi connectivity index (χ2v) is 7.21. The Kier molecular flexibility index (Phi) is 6.50. The Morgan fingerprint density at radius 3 is 2.50 bits per heavy atom. The number of nitrogens with zero attached hydrogens (tertiary/aromatic N) is 1. The standard InChI is InChI=1S/C23H27NO6/c1-5-6-7-12-24-20(17-11-8-14(2)30-17)19(22(26)23(24)27)21(25)16-10-9-15(28-3)13-18(16)29-4/h8-11,13,20,25H,5-7,12H2,1-4H3/b21-19-. The number of rotatable bonds is 8. The minimum atomic E-state index is -0.789. The van der Waals surface area contributed by atoms with Gasteiger partial charge in [-0.1, -0.05) is 19.8 Å². The van der Waals surface area contributed by atoms with E-state index in [-0.39, 0.29) is 11.3 Å². The predicted octanol–water partition coefficient (Wildman–Crippen LogP) is 4.22. The summed E-state index contributed by atoms with van der Waals surface area (Å²) in [5.41, 5.74) is 0.299. The van der Waals surface area contributed by atoms with Crippen LogP contribution >= 0.6 is 0 Å². The van der Waals surface area contributed by atoms with Gasteiger partial charge in [0.1, 0.15) is 34.8 Å². The smallest absolute Gasteiger partial charge is 0.295 e. The van der Waals surface area contributed by atoms with E-state index in [0.29, 0.717) is 35.1 Å². The first-order valence-electron chi connectivity index (χ1n) is 10.00. The monoisotopic (exact) mass is 413 g/mol. The van der Waals surface area contributed by atoms with Gasteiger partial charge in [-0.15, -0.1) is 0 Å². The van der Waals surface area contributed by atoms with Crippen LogP contribution in [0.25, 0.3) is 5.76 Å². The van der Waals surface area contributed by atoms with E-state index in [1.807, 2.05) is 0 Å². The number of furan rings is 1. The van der Waals surface area contributed by atoms with E-state index < -0.39 is 17.7 Å². The van der Waals surface area contributed by atoms with Gasteiger partial charge in [-0.3, -0.25) is 9.59 Å². The molecular weight excluding hydrogens is 386 g/mol. The maximum absolute atomic E-state index is 13.0. The molecule has 1 aromatic heterocycles. The summed E-state index contributed by atoms with van der Waals surface area (Å²) in [4.78, 5) is 27.3. The number of Topliss-reactive ketones (excluding diaryl/α,β-unsaturated/α-hetero) is 1. The Labute approximate surface area is 175 Å². The van der Waals surface area contributed by atoms with Crippen molar-refractivity contribution in [2.45, 2.75) is 39.2 Å². The van der Waals surface area contributed by atoms with Crippen LogP contribution in [0.2, 0.25) is 0 Å². The van der Waals surface area contributed by atoms with Gasteiger partial charge in [-0.05, 0) is 37.6 Å². The van der Waals surface area contributed by atoms with Crippen LogP contribution in [0, 0.1) is 6.92 Å². The van der Waals surface area contributed by atoms with Crippen molar-refractivity contribution in [1.29, 1.82) is 0 Å². The molecule has 1 saturated heterocycles. The third-order valence-corrected chi connectivity index (χ3v) is 5.24. The van der Waals surface area contributed by atoms with Crippen LogP contribution in [-0.2, 0) is 9.59 Å². The molecule has 1 atom stereocenters. The Bertz CT molecular complexity index is 974. The van der Waals surface area contributed by atoms with Gasteiger partial charge in [0.25, 0.3) is 11.7 Å². The number of hydrogen-bond acceptors (Lipinski definition) is 6. The number of aliphatic hydroxyl groups is 1. The highest BCUT2D eigenvalue weighted by Crippen LogP contribution is 2.42. The van der Waals surface area contributed by atoms with Crippen LogP contribution in [0.5, 0.6) is 11.5 Å². The molecule has 160 valence electrons. The van der Waals surface area contributed by atoms with Crippen molar-refractivity contribution in [1.82, 2.24) is 4.90 Å². The van der Waals surface area contributed by atoms with Gasteiger partial charge in [0, 0.05) is 12.6 Å². The first-order valence-corrected chi connectivity index (χ1v) is 10.00. The molecule has 1 amide bonds. The lowest BCUT2D eigenvalue weighted by Crippen LogP contribution is -2.30. The molecule has 0 radical (unpaired) electrons. The summed E-state index contributed by atoms with van der Waals surface area (Å²) in [5, 5.41) is 11.1. The summed E-state index contributed by atoms with van der Waals surface area (Å²) in [5.74, 6) is 0.299. The fourth-order valence-electron chi connectivity index (χ4n) is 3.68. The van der Waals surface area contributed by atoms with E-state index in [9.17, 15) is 14.7 Å². The lowest BCUT2D eigenvalue weighted by atomic mass is 9.98. The number of methoxy groups -OCH3 is 2. The minimum Gasteiger partial charge on any atom is -0.507 e. The number of aliphatic hydroxyl groups excluding tert-OH is 1. The number of hydrogen-bond donors (Lipinski definition) is 1. The van der Waals surface area contributed by atoms with Crippen LogP contribution in [0.15, 0.2) is 40.3 Å². The zero-order chi connectivity index (χ0) is 21.8. The molecule has 0 spiro atoms. The average molecular weight is 413 g/mol. The van der Waals surface area contributed by atoms with E-state index in [2.05, 4.69) is 6.92 Å². The molecule has 1 aliphatic heterocycles. The summed E-state index contributed by atoms with van der Waals surface area (Å²) in [7, 11) is 2.98. The molecule has 7 heteroatoms. The molecule has 30 heavy (non-hydrogen) atoms. The lowest BCUT2D eigenvalue weighted by molar-refractivity contribution is -0.140. The number of ketones is 1. The summed E-state index contributed by atoms with van der Waals surface area (Å²) in [6, 6.07) is 7.58. The Morgan fingerprint density at radius 1 is 1.13 bits per heavy atom. The number of amides is 1. The first kappa shape index (κ1) is 21.5. The number of unbranched alkanes of at least 4 members (excludes halogenated alkanes) is 2. The highest BCUT2D eigenvalue weighted by atomic mass is 16.5. The van der Waals surface area contributed by atoms with Crippen molar-refractivity contribution in [3.05, 3.63) is 53.0 Å². The third kappa shape index (κ3) is 3.92. The molecule has 3 rings (SSSR count). The molecule has 0 bridgehead atoms. The molecule has 1 aliphatic rings.